The fourth-order valence-electron chi connectivity index (χ4n) is 3.62. The summed E-state index contributed by atoms with van der Waals surface area (Å²) in [4.78, 5) is 37.7. The minimum absolute atomic E-state index is 0.136. The van der Waals surface area contributed by atoms with Gasteiger partial charge in [0.15, 0.2) is 0 Å². The fraction of sp³-hybridized carbons (Fsp3) is 0.375. The summed E-state index contributed by atoms with van der Waals surface area (Å²) in [6, 6.07) is 13.2. The number of carbonyl (C=O) groups is 3. The van der Waals surface area contributed by atoms with Crippen LogP contribution in [0.25, 0.3) is 0 Å². The molecular formula is C24H28N2O3. The predicted octanol–water partition coefficient (Wildman–Crippen LogP) is 4.83. The average Bonchev–Trinajstić information content (AvgIpc) is 3.00. The van der Waals surface area contributed by atoms with Gasteiger partial charge in [0.25, 0.3) is 5.91 Å². The Labute approximate surface area is 172 Å². The van der Waals surface area contributed by atoms with Gasteiger partial charge in [-0.25, -0.2) is 0 Å². The number of anilines is 1. The van der Waals surface area contributed by atoms with Crippen molar-refractivity contribution in [3.63, 3.8) is 0 Å². The molecule has 1 N–H and O–H groups in total. The number of carbonyl (C=O) groups excluding carboxylic acids is 3. The van der Waals surface area contributed by atoms with Gasteiger partial charge in [-0.1, -0.05) is 58.0 Å². The molecule has 29 heavy (non-hydrogen) atoms. The lowest BCUT2D eigenvalue weighted by molar-refractivity contribution is -0.139. The molecule has 1 saturated heterocycles. The Morgan fingerprint density at radius 3 is 1.90 bits per heavy atom. The summed E-state index contributed by atoms with van der Waals surface area (Å²) in [5.41, 5.74) is 4.50. The second-order valence-electron chi connectivity index (χ2n) is 8.15. The molecule has 0 spiro atoms. The summed E-state index contributed by atoms with van der Waals surface area (Å²) in [6.45, 7) is 8.72. The van der Waals surface area contributed by atoms with E-state index >= 15 is 0 Å². The van der Waals surface area contributed by atoms with Gasteiger partial charge in [-0.3, -0.25) is 19.3 Å². The second kappa shape index (κ2) is 8.60. The van der Waals surface area contributed by atoms with Crippen LogP contribution in [0.4, 0.5) is 5.69 Å². The van der Waals surface area contributed by atoms with E-state index in [1.807, 2.05) is 6.07 Å². The molecular weight excluding hydrogens is 364 g/mol. The SMILES string of the molecule is CC(C)c1cccc(C(C)C)c1NC(=O)c1ccc(CN2C(=O)CCC2=O)cc1. The molecule has 5 heteroatoms. The van der Waals surface area contributed by atoms with Crippen molar-refractivity contribution in [2.45, 2.75) is 58.9 Å². The summed E-state index contributed by atoms with van der Waals surface area (Å²) in [5.74, 6) is 0.148. The number of likely N-dealkylation sites (tertiary alicyclic amines) is 1. The highest BCUT2D eigenvalue weighted by Crippen LogP contribution is 2.32. The maximum absolute atomic E-state index is 12.9. The first-order chi connectivity index (χ1) is 13.8. The molecule has 152 valence electrons. The first kappa shape index (κ1) is 20.8. The van der Waals surface area contributed by atoms with E-state index in [1.54, 1.807) is 24.3 Å². The smallest absolute Gasteiger partial charge is 0.255 e. The monoisotopic (exact) mass is 392 g/mol. The third-order valence-corrected chi connectivity index (χ3v) is 5.32. The minimum Gasteiger partial charge on any atom is -0.321 e. The average molecular weight is 392 g/mol. The van der Waals surface area contributed by atoms with Gasteiger partial charge in [0.05, 0.1) is 6.54 Å². The predicted molar refractivity (Wildman–Crippen MR) is 114 cm³/mol. The van der Waals surface area contributed by atoms with Crippen molar-refractivity contribution in [1.82, 2.24) is 4.90 Å². The minimum atomic E-state index is -0.167. The Morgan fingerprint density at radius 1 is 0.897 bits per heavy atom. The van der Waals surface area contributed by atoms with Crippen LogP contribution in [0, 0.1) is 0 Å². The maximum Gasteiger partial charge on any atom is 0.255 e. The van der Waals surface area contributed by atoms with Crippen LogP contribution in [-0.4, -0.2) is 22.6 Å². The number of amides is 3. The van der Waals surface area contributed by atoms with Gasteiger partial charge >= 0.3 is 0 Å². The third-order valence-electron chi connectivity index (χ3n) is 5.32. The Balaban J connectivity index is 1.78. The lowest BCUT2D eigenvalue weighted by Crippen LogP contribution is -2.28. The lowest BCUT2D eigenvalue weighted by Gasteiger charge is -2.20. The van der Waals surface area contributed by atoms with Crippen LogP contribution in [0.1, 0.15) is 79.4 Å². The molecule has 2 aromatic rings. The van der Waals surface area contributed by atoms with E-state index in [2.05, 4.69) is 45.1 Å². The van der Waals surface area contributed by atoms with Crippen molar-refractivity contribution >= 4 is 23.4 Å². The van der Waals surface area contributed by atoms with E-state index in [0.717, 1.165) is 22.4 Å². The largest absolute Gasteiger partial charge is 0.321 e. The summed E-state index contributed by atoms with van der Waals surface area (Å²) < 4.78 is 0. The highest BCUT2D eigenvalue weighted by atomic mass is 16.2. The van der Waals surface area contributed by atoms with E-state index in [4.69, 9.17) is 0 Å². The fourth-order valence-corrected chi connectivity index (χ4v) is 3.62. The van der Waals surface area contributed by atoms with Crippen LogP contribution in [0.2, 0.25) is 0 Å². The van der Waals surface area contributed by atoms with Crippen molar-refractivity contribution in [2.24, 2.45) is 0 Å². The van der Waals surface area contributed by atoms with Gasteiger partial charge in [-0.15, -0.1) is 0 Å². The van der Waals surface area contributed by atoms with Crippen molar-refractivity contribution < 1.29 is 14.4 Å². The summed E-state index contributed by atoms with van der Waals surface area (Å²) in [6.07, 6.45) is 0.569. The highest BCUT2D eigenvalue weighted by molar-refractivity contribution is 6.05. The number of rotatable bonds is 6. The number of benzene rings is 2. The number of nitrogens with zero attached hydrogens (tertiary/aromatic N) is 1. The van der Waals surface area contributed by atoms with Crippen LogP contribution in [0.15, 0.2) is 42.5 Å². The third kappa shape index (κ3) is 4.56. The number of hydrogen-bond donors (Lipinski definition) is 1. The zero-order chi connectivity index (χ0) is 21.1. The van der Waals surface area contributed by atoms with Crippen molar-refractivity contribution in [2.75, 3.05) is 5.32 Å². The quantitative estimate of drug-likeness (QED) is 0.716. The molecule has 1 aliphatic heterocycles. The first-order valence-corrected chi connectivity index (χ1v) is 10.1. The molecule has 0 unspecified atom stereocenters. The van der Waals surface area contributed by atoms with E-state index in [0.29, 0.717) is 17.4 Å². The van der Waals surface area contributed by atoms with Gasteiger partial charge in [0, 0.05) is 24.1 Å². The van der Waals surface area contributed by atoms with E-state index in [9.17, 15) is 14.4 Å². The molecule has 1 fully saturated rings. The molecule has 0 bridgehead atoms. The molecule has 3 amide bonds. The molecule has 2 aromatic carbocycles. The number of imide groups is 1. The van der Waals surface area contributed by atoms with Crippen molar-refractivity contribution in [3.05, 3.63) is 64.7 Å². The van der Waals surface area contributed by atoms with E-state index in [1.165, 1.54) is 4.90 Å². The Bertz CT molecular complexity index is 887. The molecule has 5 nitrogen and oxygen atoms in total. The van der Waals surface area contributed by atoms with Gasteiger partial charge < -0.3 is 5.32 Å². The van der Waals surface area contributed by atoms with Gasteiger partial charge in [0.2, 0.25) is 11.8 Å². The summed E-state index contributed by atoms with van der Waals surface area (Å²) >= 11 is 0. The van der Waals surface area contributed by atoms with Gasteiger partial charge in [-0.2, -0.15) is 0 Å². The number of hydrogen-bond acceptors (Lipinski definition) is 3. The molecule has 1 aliphatic rings. The Kier molecular flexibility index (Phi) is 6.16. The van der Waals surface area contributed by atoms with E-state index < -0.39 is 0 Å². The molecule has 0 aromatic heterocycles. The molecule has 0 aliphatic carbocycles. The first-order valence-electron chi connectivity index (χ1n) is 10.1. The summed E-state index contributed by atoms with van der Waals surface area (Å²) in [7, 11) is 0. The zero-order valence-corrected chi connectivity index (χ0v) is 17.5. The normalized spacial score (nSPS) is 14.2. The zero-order valence-electron chi connectivity index (χ0n) is 17.5. The topological polar surface area (TPSA) is 66.5 Å². The van der Waals surface area contributed by atoms with Crippen LogP contribution < -0.4 is 5.32 Å². The van der Waals surface area contributed by atoms with Crippen LogP contribution in [0.3, 0.4) is 0 Å². The molecule has 1 heterocycles. The molecule has 0 saturated carbocycles. The highest BCUT2D eigenvalue weighted by Gasteiger charge is 2.28. The summed E-state index contributed by atoms with van der Waals surface area (Å²) in [5, 5.41) is 3.11. The van der Waals surface area contributed by atoms with Gasteiger partial charge in [0.1, 0.15) is 0 Å². The van der Waals surface area contributed by atoms with Crippen molar-refractivity contribution in [1.29, 1.82) is 0 Å². The van der Waals surface area contributed by atoms with Crippen LogP contribution >= 0.6 is 0 Å². The Morgan fingerprint density at radius 2 is 1.41 bits per heavy atom. The molecule has 0 radical (unpaired) electrons. The standard InChI is InChI=1S/C24H28N2O3/c1-15(2)19-6-5-7-20(16(3)4)23(19)25-24(29)18-10-8-17(9-11-18)14-26-21(27)12-13-22(26)28/h5-11,15-16H,12-14H2,1-4H3,(H,25,29). The van der Waals surface area contributed by atoms with Crippen molar-refractivity contribution in [3.8, 4) is 0 Å². The van der Waals surface area contributed by atoms with Crippen LogP contribution in [-0.2, 0) is 16.1 Å². The Hall–Kier alpha value is -2.95. The number of para-hydroxylation sites is 1. The van der Waals surface area contributed by atoms with Crippen LogP contribution in [0.5, 0.6) is 0 Å². The maximum atomic E-state index is 12.9. The van der Waals surface area contributed by atoms with Gasteiger partial charge in [-0.05, 0) is 40.7 Å². The second-order valence-corrected chi connectivity index (χ2v) is 8.15. The molecule has 0 atom stereocenters. The van der Waals surface area contributed by atoms with E-state index in [-0.39, 0.29) is 37.1 Å². The number of nitrogens with one attached hydrogen (secondary N) is 1. The molecule has 3 rings (SSSR count). The lowest BCUT2D eigenvalue weighted by atomic mass is 9.92.